The second-order valence-electron chi connectivity index (χ2n) is 6.07. The van der Waals surface area contributed by atoms with E-state index in [4.69, 9.17) is 10.9 Å². The summed E-state index contributed by atoms with van der Waals surface area (Å²) in [5.74, 6) is 1.69. The van der Waals surface area contributed by atoms with Crippen LogP contribution in [0.3, 0.4) is 0 Å². The lowest BCUT2D eigenvalue weighted by atomic mass is 9.89. The zero-order valence-electron chi connectivity index (χ0n) is 12.7. The molecule has 0 amide bonds. The van der Waals surface area contributed by atoms with Crippen LogP contribution in [-0.4, -0.2) is 24.1 Å². The smallest absolute Gasteiger partial charge is 0.172 e. The number of benzene rings is 1. The van der Waals surface area contributed by atoms with Gasteiger partial charge in [-0.2, -0.15) is 0 Å². The summed E-state index contributed by atoms with van der Waals surface area (Å²) in [7, 11) is 0. The molecule has 0 aromatic heterocycles. The zero-order valence-corrected chi connectivity index (χ0v) is 14.3. The summed E-state index contributed by atoms with van der Waals surface area (Å²) in [6.07, 6.45) is 3.67. The van der Waals surface area contributed by atoms with Gasteiger partial charge in [-0.1, -0.05) is 34.9 Å². The minimum absolute atomic E-state index is 0.163. The Bertz CT molecular complexity index is 516. The molecule has 2 rings (SSSR count). The minimum atomic E-state index is 0.163. The van der Waals surface area contributed by atoms with Crippen LogP contribution in [0.25, 0.3) is 0 Å². The molecule has 1 aliphatic heterocycles. The normalized spacial score (nSPS) is 20.7. The van der Waals surface area contributed by atoms with E-state index in [9.17, 15) is 0 Å². The van der Waals surface area contributed by atoms with Gasteiger partial charge in [0.25, 0.3) is 0 Å². The molecule has 0 bridgehead atoms. The van der Waals surface area contributed by atoms with Crippen LogP contribution in [0.1, 0.15) is 38.7 Å². The fraction of sp³-hybridized carbons (Fsp3) is 0.562. The Morgan fingerprint density at radius 1 is 1.38 bits per heavy atom. The standard InChI is InChI=1S/C16H24BrN3O/c1-11(2)12-4-3-8-20(9-7-12)15-6-5-13(17)10-14(15)16(18)19-21/h5-6,10-12,21H,3-4,7-9H2,1-2H3,(H2,18,19). The maximum atomic E-state index is 9.00. The van der Waals surface area contributed by atoms with Gasteiger partial charge in [0, 0.05) is 28.8 Å². The highest BCUT2D eigenvalue weighted by Crippen LogP contribution is 2.30. The Kier molecular flexibility index (Phi) is 5.51. The molecule has 3 N–H and O–H groups in total. The second kappa shape index (κ2) is 7.16. The summed E-state index contributed by atoms with van der Waals surface area (Å²) in [6.45, 7) is 6.66. The number of amidine groups is 1. The van der Waals surface area contributed by atoms with Crippen molar-refractivity contribution in [2.24, 2.45) is 22.7 Å². The third kappa shape index (κ3) is 3.90. The predicted molar refractivity (Wildman–Crippen MR) is 91.0 cm³/mol. The molecule has 0 spiro atoms. The van der Waals surface area contributed by atoms with Crippen molar-refractivity contribution in [2.75, 3.05) is 18.0 Å². The van der Waals surface area contributed by atoms with E-state index in [1.54, 1.807) is 0 Å². The molecule has 1 heterocycles. The van der Waals surface area contributed by atoms with E-state index in [0.29, 0.717) is 0 Å². The molecule has 1 aliphatic rings. The molecule has 1 aromatic rings. The number of halogens is 1. The first-order valence-electron chi connectivity index (χ1n) is 7.55. The molecule has 1 atom stereocenters. The third-order valence-electron chi connectivity index (χ3n) is 4.40. The van der Waals surface area contributed by atoms with Crippen molar-refractivity contribution in [3.8, 4) is 0 Å². The summed E-state index contributed by atoms with van der Waals surface area (Å²) >= 11 is 3.45. The molecular formula is C16H24BrN3O. The van der Waals surface area contributed by atoms with Crippen molar-refractivity contribution in [3.05, 3.63) is 28.2 Å². The van der Waals surface area contributed by atoms with Crippen molar-refractivity contribution < 1.29 is 5.21 Å². The number of rotatable bonds is 3. The largest absolute Gasteiger partial charge is 0.409 e. The zero-order chi connectivity index (χ0) is 15.4. The maximum Gasteiger partial charge on any atom is 0.172 e. The fourth-order valence-electron chi connectivity index (χ4n) is 3.07. The lowest BCUT2D eigenvalue weighted by Gasteiger charge is -2.26. The molecule has 1 unspecified atom stereocenters. The molecule has 1 fully saturated rings. The summed E-state index contributed by atoms with van der Waals surface area (Å²) in [5, 5.41) is 12.2. The molecule has 1 aromatic carbocycles. The molecule has 1 saturated heterocycles. The molecular weight excluding hydrogens is 330 g/mol. The molecule has 4 nitrogen and oxygen atoms in total. The molecule has 116 valence electrons. The van der Waals surface area contributed by atoms with E-state index in [0.717, 1.165) is 40.6 Å². The van der Waals surface area contributed by atoms with E-state index in [1.807, 2.05) is 18.2 Å². The van der Waals surface area contributed by atoms with Gasteiger partial charge in [0.2, 0.25) is 0 Å². The van der Waals surface area contributed by atoms with Crippen molar-refractivity contribution in [1.29, 1.82) is 0 Å². The third-order valence-corrected chi connectivity index (χ3v) is 4.89. The van der Waals surface area contributed by atoms with Crippen LogP contribution in [-0.2, 0) is 0 Å². The number of nitrogens with zero attached hydrogens (tertiary/aromatic N) is 2. The molecule has 5 heteroatoms. The van der Waals surface area contributed by atoms with Gasteiger partial charge in [0.1, 0.15) is 0 Å². The lowest BCUT2D eigenvalue weighted by molar-refractivity contribution is 0.318. The van der Waals surface area contributed by atoms with Gasteiger partial charge >= 0.3 is 0 Å². The average Bonchev–Trinajstić information content (AvgIpc) is 2.72. The van der Waals surface area contributed by atoms with Crippen LogP contribution in [0.5, 0.6) is 0 Å². The number of hydrogen-bond acceptors (Lipinski definition) is 3. The first-order chi connectivity index (χ1) is 10.0. The van der Waals surface area contributed by atoms with E-state index in [2.05, 4.69) is 39.8 Å². The fourth-order valence-corrected chi connectivity index (χ4v) is 3.43. The summed E-state index contributed by atoms with van der Waals surface area (Å²) in [5.41, 5.74) is 7.68. The highest BCUT2D eigenvalue weighted by molar-refractivity contribution is 9.10. The SMILES string of the molecule is CC(C)C1CCCN(c2ccc(Br)cc2/C(N)=N/O)CC1. The van der Waals surface area contributed by atoms with Crippen molar-refractivity contribution in [3.63, 3.8) is 0 Å². The highest BCUT2D eigenvalue weighted by atomic mass is 79.9. The van der Waals surface area contributed by atoms with Gasteiger partial charge in [-0.3, -0.25) is 0 Å². The number of anilines is 1. The summed E-state index contributed by atoms with van der Waals surface area (Å²) < 4.78 is 0.933. The van der Waals surface area contributed by atoms with Crippen LogP contribution < -0.4 is 10.6 Å². The first-order valence-corrected chi connectivity index (χ1v) is 8.34. The maximum absolute atomic E-state index is 9.00. The quantitative estimate of drug-likeness (QED) is 0.376. The van der Waals surface area contributed by atoms with Crippen LogP contribution in [0.15, 0.2) is 27.8 Å². The molecule has 0 aliphatic carbocycles. The Balaban J connectivity index is 2.25. The van der Waals surface area contributed by atoms with Gasteiger partial charge in [0.05, 0.1) is 0 Å². The van der Waals surface area contributed by atoms with Gasteiger partial charge in [-0.15, -0.1) is 0 Å². The van der Waals surface area contributed by atoms with Crippen LogP contribution in [0, 0.1) is 11.8 Å². The van der Waals surface area contributed by atoms with Gasteiger partial charge in [-0.25, -0.2) is 0 Å². The Labute approximate surface area is 135 Å². The van der Waals surface area contributed by atoms with Crippen molar-refractivity contribution in [2.45, 2.75) is 33.1 Å². The van der Waals surface area contributed by atoms with Crippen molar-refractivity contribution in [1.82, 2.24) is 0 Å². The summed E-state index contributed by atoms with van der Waals surface area (Å²) in [6, 6.07) is 5.97. The second-order valence-corrected chi connectivity index (χ2v) is 6.98. The lowest BCUT2D eigenvalue weighted by Crippen LogP contribution is -2.28. The van der Waals surface area contributed by atoms with Gasteiger partial charge in [-0.05, 0) is 49.3 Å². The predicted octanol–water partition coefficient (Wildman–Crippen LogP) is 3.81. The topological polar surface area (TPSA) is 61.8 Å². The number of oxime groups is 1. The van der Waals surface area contributed by atoms with E-state index >= 15 is 0 Å². The highest BCUT2D eigenvalue weighted by Gasteiger charge is 2.21. The van der Waals surface area contributed by atoms with Crippen LogP contribution >= 0.6 is 15.9 Å². The first kappa shape index (κ1) is 16.1. The Morgan fingerprint density at radius 2 is 2.14 bits per heavy atom. The van der Waals surface area contributed by atoms with Crippen LogP contribution in [0.2, 0.25) is 0 Å². The van der Waals surface area contributed by atoms with Crippen LogP contribution in [0.4, 0.5) is 5.69 Å². The average molecular weight is 354 g/mol. The van der Waals surface area contributed by atoms with Gasteiger partial charge in [0.15, 0.2) is 5.84 Å². The number of nitrogens with two attached hydrogens (primary N) is 1. The monoisotopic (exact) mass is 353 g/mol. The molecule has 0 saturated carbocycles. The van der Waals surface area contributed by atoms with Crippen molar-refractivity contribution >= 4 is 27.5 Å². The van der Waals surface area contributed by atoms with E-state index in [1.165, 1.54) is 19.3 Å². The van der Waals surface area contributed by atoms with E-state index < -0.39 is 0 Å². The molecule has 21 heavy (non-hydrogen) atoms. The van der Waals surface area contributed by atoms with Gasteiger partial charge < -0.3 is 15.8 Å². The minimum Gasteiger partial charge on any atom is -0.409 e. The Hall–Kier alpha value is -1.23. The summed E-state index contributed by atoms with van der Waals surface area (Å²) in [4.78, 5) is 2.36. The number of hydrogen-bond donors (Lipinski definition) is 2. The molecule has 0 radical (unpaired) electrons. The van der Waals surface area contributed by atoms with E-state index in [-0.39, 0.29) is 5.84 Å². The Morgan fingerprint density at radius 3 is 2.81 bits per heavy atom.